The summed E-state index contributed by atoms with van der Waals surface area (Å²) in [4.78, 5) is 2.32. The van der Waals surface area contributed by atoms with Crippen LogP contribution in [0, 0.1) is 0 Å². The highest BCUT2D eigenvalue weighted by atomic mass is 15.1. The third-order valence-electron chi connectivity index (χ3n) is 9.61. The standard InChI is InChI=1S/C48H34N2/c1-4-14-35(15-5-1)36-24-28-40(29-25-36)49(39-18-8-3-9-19-39)41-30-26-38(27-31-41)43-33-32-42(34-46(43)37-16-6-2-7-17-37)50-47-22-12-10-20-44(47)45-21-11-13-23-48(45)50/h1-34H. The first-order valence-corrected chi connectivity index (χ1v) is 17.1. The number of benzene rings is 8. The van der Waals surface area contributed by atoms with Crippen LogP contribution in [0.15, 0.2) is 206 Å². The number of aromatic nitrogens is 1. The molecular formula is C48H34N2. The van der Waals surface area contributed by atoms with E-state index in [1.165, 1.54) is 55.2 Å². The van der Waals surface area contributed by atoms with Crippen LogP contribution < -0.4 is 4.90 Å². The van der Waals surface area contributed by atoms with Gasteiger partial charge in [0.15, 0.2) is 0 Å². The summed E-state index contributed by atoms with van der Waals surface area (Å²) in [6.07, 6.45) is 0. The fraction of sp³-hybridized carbons (Fsp3) is 0. The van der Waals surface area contributed by atoms with Crippen molar-refractivity contribution in [2.24, 2.45) is 0 Å². The van der Waals surface area contributed by atoms with E-state index in [-0.39, 0.29) is 0 Å². The molecule has 0 radical (unpaired) electrons. The molecule has 0 N–H and O–H groups in total. The van der Waals surface area contributed by atoms with Gasteiger partial charge in [-0.1, -0.05) is 146 Å². The maximum atomic E-state index is 2.39. The molecule has 1 heterocycles. The molecule has 0 aliphatic carbocycles. The Hall–Kier alpha value is -6.64. The van der Waals surface area contributed by atoms with Crippen molar-refractivity contribution in [1.29, 1.82) is 0 Å². The average Bonchev–Trinajstić information content (AvgIpc) is 3.54. The Morgan fingerprint density at radius 1 is 0.300 bits per heavy atom. The smallest absolute Gasteiger partial charge is 0.0541 e. The van der Waals surface area contributed by atoms with Crippen molar-refractivity contribution in [3.63, 3.8) is 0 Å². The van der Waals surface area contributed by atoms with Crippen LogP contribution in [0.3, 0.4) is 0 Å². The Balaban J connectivity index is 1.14. The van der Waals surface area contributed by atoms with Crippen LogP contribution in [0.2, 0.25) is 0 Å². The summed E-state index contributed by atoms with van der Waals surface area (Å²) in [6, 6.07) is 74.0. The quantitative estimate of drug-likeness (QED) is 0.169. The first kappa shape index (κ1) is 29.5. The van der Waals surface area contributed by atoms with Gasteiger partial charge in [0.1, 0.15) is 0 Å². The lowest BCUT2D eigenvalue weighted by Gasteiger charge is -2.26. The monoisotopic (exact) mass is 638 g/mol. The minimum Gasteiger partial charge on any atom is -0.311 e. The SMILES string of the molecule is c1ccc(-c2ccc(N(c3ccccc3)c3ccc(-c4ccc(-n5c6ccccc6c6ccccc65)cc4-c4ccccc4)cc3)cc2)cc1. The van der Waals surface area contributed by atoms with Gasteiger partial charge in [0.25, 0.3) is 0 Å². The first-order chi connectivity index (χ1) is 24.8. The van der Waals surface area contributed by atoms with Crippen molar-refractivity contribution in [2.75, 3.05) is 4.90 Å². The molecule has 0 unspecified atom stereocenters. The van der Waals surface area contributed by atoms with E-state index in [9.17, 15) is 0 Å². The van der Waals surface area contributed by atoms with E-state index >= 15 is 0 Å². The predicted octanol–water partition coefficient (Wildman–Crippen LogP) is 13.3. The molecule has 0 aliphatic rings. The van der Waals surface area contributed by atoms with Crippen molar-refractivity contribution in [3.8, 4) is 39.1 Å². The summed E-state index contributed by atoms with van der Waals surface area (Å²) in [5.74, 6) is 0. The Morgan fingerprint density at radius 3 is 1.30 bits per heavy atom. The summed E-state index contributed by atoms with van der Waals surface area (Å²) in [5, 5.41) is 2.53. The number of nitrogens with zero attached hydrogens (tertiary/aromatic N) is 2. The normalized spacial score (nSPS) is 11.2. The molecule has 9 rings (SSSR count). The third-order valence-corrected chi connectivity index (χ3v) is 9.61. The lowest BCUT2D eigenvalue weighted by molar-refractivity contribution is 1.18. The van der Waals surface area contributed by atoms with Crippen LogP contribution in [0.4, 0.5) is 17.1 Å². The van der Waals surface area contributed by atoms with E-state index < -0.39 is 0 Å². The first-order valence-electron chi connectivity index (χ1n) is 17.1. The lowest BCUT2D eigenvalue weighted by Crippen LogP contribution is -2.09. The average molecular weight is 639 g/mol. The van der Waals surface area contributed by atoms with Gasteiger partial charge in [-0.2, -0.15) is 0 Å². The molecule has 2 heteroatoms. The summed E-state index contributed by atoms with van der Waals surface area (Å²) < 4.78 is 2.39. The van der Waals surface area contributed by atoms with Crippen LogP contribution in [-0.2, 0) is 0 Å². The van der Waals surface area contributed by atoms with Gasteiger partial charge >= 0.3 is 0 Å². The molecule has 0 bridgehead atoms. The van der Waals surface area contributed by atoms with E-state index in [0.717, 1.165) is 22.7 Å². The number of para-hydroxylation sites is 3. The van der Waals surface area contributed by atoms with Crippen molar-refractivity contribution >= 4 is 38.9 Å². The number of hydrogen-bond acceptors (Lipinski definition) is 1. The molecule has 0 aliphatic heterocycles. The minimum atomic E-state index is 1.11. The van der Waals surface area contributed by atoms with Crippen molar-refractivity contribution in [2.45, 2.75) is 0 Å². The molecule has 0 saturated heterocycles. The molecule has 1 aromatic heterocycles. The number of anilines is 3. The fourth-order valence-corrected chi connectivity index (χ4v) is 7.23. The van der Waals surface area contributed by atoms with E-state index in [2.05, 4.69) is 216 Å². The molecule has 236 valence electrons. The number of rotatable bonds is 7. The largest absolute Gasteiger partial charge is 0.311 e. The van der Waals surface area contributed by atoms with Crippen LogP contribution in [0.1, 0.15) is 0 Å². The van der Waals surface area contributed by atoms with Crippen molar-refractivity contribution in [3.05, 3.63) is 206 Å². The van der Waals surface area contributed by atoms with E-state index in [0.29, 0.717) is 0 Å². The topological polar surface area (TPSA) is 8.17 Å². The predicted molar refractivity (Wildman–Crippen MR) is 212 cm³/mol. The van der Waals surface area contributed by atoms with Crippen LogP contribution >= 0.6 is 0 Å². The minimum absolute atomic E-state index is 1.11. The molecule has 0 spiro atoms. The van der Waals surface area contributed by atoms with Gasteiger partial charge < -0.3 is 9.47 Å². The van der Waals surface area contributed by atoms with Crippen LogP contribution in [-0.4, -0.2) is 4.57 Å². The summed E-state index contributed by atoms with van der Waals surface area (Å²) in [5.41, 5.74) is 14.1. The van der Waals surface area contributed by atoms with E-state index in [4.69, 9.17) is 0 Å². The molecule has 0 saturated carbocycles. The molecule has 50 heavy (non-hydrogen) atoms. The summed E-state index contributed by atoms with van der Waals surface area (Å²) in [6.45, 7) is 0. The third kappa shape index (κ3) is 5.34. The molecule has 0 atom stereocenters. The Labute approximate surface area is 292 Å². The highest BCUT2D eigenvalue weighted by molar-refractivity contribution is 6.09. The second kappa shape index (κ2) is 12.8. The summed E-state index contributed by atoms with van der Waals surface area (Å²) >= 11 is 0. The van der Waals surface area contributed by atoms with Gasteiger partial charge in [-0.3, -0.25) is 0 Å². The number of hydrogen-bond donors (Lipinski definition) is 0. The second-order valence-corrected chi connectivity index (χ2v) is 12.6. The highest BCUT2D eigenvalue weighted by Gasteiger charge is 2.17. The van der Waals surface area contributed by atoms with Gasteiger partial charge in [-0.05, 0) is 94.0 Å². The number of fused-ring (bicyclic) bond motifs is 3. The lowest BCUT2D eigenvalue weighted by atomic mass is 9.93. The summed E-state index contributed by atoms with van der Waals surface area (Å²) in [7, 11) is 0. The van der Waals surface area contributed by atoms with Gasteiger partial charge in [-0.25, -0.2) is 0 Å². The highest BCUT2D eigenvalue weighted by Crippen LogP contribution is 2.40. The maximum absolute atomic E-state index is 2.39. The van der Waals surface area contributed by atoms with Gasteiger partial charge in [-0.15, -0.1) is 0 Å². The van der Waals surface area contributed by atoms with Crippen LogP contribution in [0.5, 0.6) is 0 Å². The molecule has 0 amide bonds. The Kier molecular flexibility index (Phi) is 7.53. The molecule has 0 fully saturated rings. The molecule has 9 aromatic rings. The Bertz CT molecular complexity index is 2500. The maximum Gasteiger partial charge on any atom is 0.0541 e. The molecular weight excluding hydrogens is 605 g/mol. The van der Waals surface area contributed by atoms with Gasteiger partial charge in [0.2, 0.25) is 0 Å². The van der Waals surface area contributed by atoms with E-state index in [1.807, 2.05) is 0 Å². The second-order valence-electron chi connectivity index (χ2n) is 12.6. The fourth-order valence-electron chi connectivity index (χ4n) is 7.23. The zero-order valence-electron chi connectivity index (χ0n) is 27.5. The zero-order chi connectivity index (χ0) is 33.3. The van der Waals surface area contributed by atoms with Crippen molar-refractivity contribution < 1.29 is 0 Å². The van der Waals surface area contributed by atoms with Gasteiger partial charge in [0.05, 0.1) is 11.0 Å². The van der Waals surface area contributed by atoms with E-state index in [1.54, 1.807) is 0 Å². The van der Waals surface area contributed by atoms with Gasteiger partial charge in [0, 0.05) is 33.5 Å². The zero-order valence-corrected chi connectivity index (χ0v) is 27.5. The van der Waals surface area contributed by atoms with Crippen LogP contribution in [0.25, 0.3) is 60.9 Å². The Morgan fingerprint density at radius 2 is 0.720 bits per heavy atom. The molecule has 8 aromatic carbocycles. The molecule has 2 nitrogen and oxygen atoms in total. The van der Waals surface area contributed by atoms with Crippen molar-refractivity contribution in [1.82, 2.24) is 4.57 Å².